The van der Waals surface area contributed by atoms with Gasteiger partial charge in [-0.1, -0.05) is 5.11 Å². The minimum atomic E-state index is -0.506. The van der Waals surface area contributed by atoms with Crippen molar-refractivity contribution in [2.45, 2.75) is 58.3 Å². The summed E-state index contributed by atoms with van der Waals surface area (Å²) in [5.74, 6) is 0. The number of likely N-dealkylation sites (tertiary alicyclic amines) is 1. The SMILES string of the molecule is CC(C)(C)OC(=O)N1C[C@@H](OCCN=[N+]=[N-])CC1(C)C. The molecule has 20 heavy (non-hydrogen) atoms. The molecule has 1 atom stereocenters. The molecule has 1 fully saturated rings. The van der Waals surface area contributed by atoms with Crippen molar-refractivity contribution in [2.24, 2.45) is 5.11 Å². The van der Waals surface area contributed by atoms with Gasteiger partial charge in [0.2, 0.25) is 0 Å². The van der Waals surface area contributed by atoms with Crippen molar-refractivity contribution < 1.29 is 14.3 Å². The standard InChI is InChI=1S/C13H24N4O3/c1-12(2,3)20-11(18)17-9-10(8-13(17,4)5)19-7-6-15-16-14/h10H,6-9H2,1-5H3/t10-/m0/s1. The van der Waals surface area contributed by atoms with Crippen LogP contribution in [0, 0.1) is 0 Å². The quantitative estimate of drug-likeness (QED) is 0.344. The topological polar surface area (TPSA) is 87.5 Å². The molecule has 114 valence electrons. The van der Waals surface area contributed by atoms with E-state index in [1.807, 2.05) is 34.6 Å². The molecule has 0 aromatic heterocycles. The van der Waals surface area contributed by atoms with Crippen LogP contribution in [0.15, 0.2) is 5.11 Å². The zero-order chi connectivity index (χ0) is 15.4. The van der Waals surface area contributed by atoms with Crippen LogP contribution in [0.2, 0.25) is 0 Å². The lowest BCUT2D eigenvalue weighted by atomic mass is 10.0. The Morgan fingerprint density at radius 2 is 2.15 bits per heavy atom. The number of rotatable bonds is 4. The molecular formula is C13H24N4O3. The molecular weight excluding hydrogens is 260 g/mol. The fraction of sp³-hybridized carbons (Fsp3) is 0.923. The Balaban J connectivity index is 2.56. The number of azide groups is 1. The number of amides is 1. The number of ether oxygens (including phenoxy) is 2. The van der Waals surface area contributed by atoms with Crippen molar-refractivity contribution in [3.05, 3.63) is 10.4 Å². The van der Waals surface area contributed by atoms with Gasteiger partial charge in [-0.25, -0.2) is 4.79 Å². The van der Waals surface area contributed by atoms with Crippen LogP contribution in [-0.4, -0.2) is 47.9 Å². The molecule has 1 rings (SSSR count). The molecule has 1 amide bonds. The maximum atomic E-state index is 12.2. The van der Waals surface area contributed by atoms with Crippen molar-refractivity contribution in [3.63, 3.8) is 0 Å². The predicted molar refractivity (Wildman–Crippen MR) is 75.4 cm³/mol. The van der Waals surface area contributed by atoms with Crippen molar-refractivity contribution in [3.8, 4) is 0 Å². The van der Waals surface area contributed by atoms with E-state index < -0.39 is 5.60 Å². The third-order valence-corrected chi connectivity index (χ3v) is 3.07. The van der Waals surface area contributed by atoms with Gasteiger partial charge in [-0.3, -0.25) is 0 Å². The first-order valence-electron chi connectivity index (χ1n) is 6.79. The molecule has 0 aromatic carbocycles. The van der Waals surface area contributed by atoms with Gasteiger partial charge in [-0.2, -0.15) is 0 Å². The summed E-state index contributed by atoms with van der Waals surface area (Å²) in [5.41, 5.74) is 7.39. The molecule has 0 unspecified atom stereocenters. The van der Waals surface area contributed by atoms with Crippen LogP contribution in [0.25, 0.3) is 10.4 Å². The summed E-state index contributed by atoms with van der Waals surface area (Å²) in [7, 11) is 0. The Kier molecular flexibility index (Phi) is 5.25. The van der Waals surface area contributed by atoms with Crippen LogP contribution in [0.3, 0.4) is 0 Å². The summed E-state index contributed by atoms with van der Waals surface area (Å²) in [4.78, 5) is 16.6. The van der Waals surface area contributed by atoms with Crippen molar-refractivity contribution in [1.29, 1.82) is 0 Å². The van der Waals surface area contributed by atoms with E-state index in [0.717, 1.165) is 6.42 Å². The summed E-state index contributed by atoms with van der Waals surface area (Å²) in [6.07, 6.45) is 0.373. The molecule has 1 aliphatic heterocycles. The highest BCUT2D eigenvalue weighted by Crippen LogP contribution is 2.31. The molecule has 7 heteroatoms. The fourth-order valence-corrected chi connectivity index (χ4v) is 2.24. The van der Waals surface area contributed by atoms with Gasteiger partial charge in [0, 0.05) is 17.0 Å². The van der Waals surface area contributed by atoms with E-state index in [9.17, 15) is 4.79 Å². The number of hydrogen-bond donors (Lipinski definition) is 0. The minimum absolute atomic E-state index is 0.0496. The molecule has 7 nitrogen and oxygen atoms in total. The van der Waals surface area contributed by atoms with Crippen molar-refractivity contribution >= 4 is 6.09 Å². The number of carbonyl (C=O) groups is 1. The highest BCUT2D eigenvalue weighted by Gasteiger charge is 2.43. The first kappa shape index (κ1) is 16.6. The monoisotopic (exact) mass is 284 g/mol. The molecule has 0 aliphatic carbocycles. The predicted octanol–water partition coefficient (Wildman–Crippen LogP) is 3.10. The Labute approximate surface area is 119 Å². The van der Waals surface area contributed by atoms with Crippen LogP contribution in [0.4, 0.5) is 4.79 Å². The number of nitrogens with zero attached hydrogens (tertiary/aromatic N) is 4. The summed E-state index contributed by atoms with van der Waals surface area (Å²) in [6, 6.07) is 0. The highest BCUT2D eigenvalue weighted by molar-refractivity contribution is 5.69. The van der Waals surface area contributed by atoms with Gasteiger partial charge in [0.15, 0.2) is 0 Å². The highest BCUT2D eigenvalue weighted by atomic mass is 16.6. The molecule has 1 heterocycles. The Morgan fingerprint density at radius 1 is 1.50 bits per heavy atom. The second kappa shape index (κ2) is 6.33. The summed E-state index contributed by atoms with van der Waals surface area (Å²) < 4.78 is 11.1. The summed E-state index contributed by atoms with van der Waals surface area (Å²) in [5, 5.41) is 3.42. The van der Waals surface area contributed by atoms with E-state index >= 15 is 0 Å². The molecule has 0 bridgehead atoms. The zero-order valence-corrected chi connectivity index (χ0v) is 12.9. The molecule has 1 aliphatic rings. The van der Waals surface area contributed by atoms with Gasteiger partial charge in [-0.15, -0.1) is 0 Å². The molecule has 0 aromatic rings. The Bertz CT molecular complexity index is 397. The summed E-state index contributed by atoms with van der Waals surface area (Å²) >= 11 is 0. The maximum absolute atomic E-state index is 12.2. The molecule has 0 N–H and O–H groups in total. The van der Waals surface area contributed by atoms with Crippen LogP contribution in [-0.2, 0) is 9.47 Å². The van der Waals surface area contributed by atoms with Gasteiger partial charge >= 0.3 is 6.09 Å². The first-order chi connectivity index (χ1) is 9.15. The van der Waals surface area contributed by atoms with Gasteiger partial charge in [0.05, 0.1) is 19.3 Å². The minimum Gasteiger partial charge on any atom is -0.444 e. The van der Waals surface area contributed by atoms with E-state index in [4.69, 9.17) is 15.0 Å². The lowest BCUT2D eigenvalue weighted by molar-refractivity contribution is 0.0105. The van der Waals surface area contributed by atoms with E-state index in [2.05, 4.69) is 10.0 Å². The van der Waals surface area contributed by atoms with Crippen molar-refractivity contribution in [1.82, 2.24) is 4.90 Å². The third kappa shape index (κ3) is 4.90. The lowest BCUT2D eigenvalue weighted by Crippen LogP contribution is -2.45. The Hall–Kier alpha value is -1.46. The Morgan fingerprint density at radius 3 is 2.70 bits per heavy atom. The maximum Gasteiger partial charge on any atom is 0.410 e. The average molecular weight is 284 g/mol. The average Bonchev–Trinajstić information content (AvgIpc) is 2.58. The summed E-state index contributed by atoms with van der Waals surface area (Å²) in [6.45, 7) is 10.7. The van der Waals surface area contributed by atoms with E-state index in [1.165, 1.54) is 0 Å². The molecule has 0 radical (unpaired) electrons. The van der Waals surface area contributed by atoms with Gasteiger partial charge in [0.25, 0.3) is 0 Å². The van der Waals surface area contributed by atoms with Gasteiger partial charge in [0.1, 0.15) is 5.60 Å². The van der Waals surface area contributed by atoms with Crippen molar-refractivity contribution in [2.75, 3.05) is 19.7 Å². The van der Waals surface area contributed by atoms with E-state index in [-0.39, 0.29) is 17.7 Å². The smallest absolute Gasteiger partial charge is 0.410 e. The molecule has 0 spiro atoms. The fourth-order valence-electron chi connectivity index (χ4n) is 2.24. The number of hydrogen-bond acceptors (Lipinski definition) is 4. The van der Waals surface area contributed by atoms with Crippen LogP contribution in [0.5, 0.6) is 0 Å². The number of carbonyl (C=O) groups excluding carboxylic acids is 1. The molecule has 0 saturated carbocycles. The second-order valence-electron chi connectivity index (χ2n) is 6.55. The van der Waals surface area contributed by atoms with Gasteiger partial charge in [-0.05, 0) is 46.6 Å². The normalized spacial score (nSPS) is 21.4. The largest absolute Gasteiger partial charge is 0.444 e. The van der Waals surface area contributed by atoms with Crippen LogP contribution in [0.1, 0.15) is 41.0 Å². The van der Waals surface area contributed by atoms with E-state index in [1.54, 1.807) is 4.90 Å². The zero-order valence-electron chi connectivity index (χ0n) is 12.9. The lowest BCUT2D eigenvalue weighted by Gasteiger charge is -2.33. The molecule has 1 saturated heterocycles. The van der Waals surface area contributed by atoms with Gasteiger partial charge < -0.3 is 14.4 Å². The second-order valence-corrected chi connectivity index (χ2v) is 6.55. The van der Waals surface area contributed by atoms with Crippen LogP contribution < -0.4 is 0 Å². The van der Waals surface area contributed by atoms with Crippen LogP contribution >= 0.6 is 0 Å². The van der Waals surface area contributed by atoms with E-state index in [0.29, 0.717) is 19.7 Å². The third-order valence-electron chi connectivity index (χ3n) is 3.07. The first-order valence-corrected chi connectivity index (χ1v) is 6.79.